The molecule has 1 unspecified atom stereocenters. The molecule has 1 aliphatic carbocycles. The SMILES string of the molecule is COC1(C(O)Cc2cccc(F)c2Cl)CCC(C)CC1. The molecule has 2 nitrogen and oxygen atoms in total. The summed E-state index contributed by atoms with van der Waals surface area (Å²) in [5.74, 6) is 0.225. The number of ether oxygens (including phenoxy) is 1. The summed E-state index contributed by atoms with van der Waals surface area (Å²) < 4.78 is 19.1. The monoisotopic (exact) mass is 300 g/mol. The quantitative estimate of drug-likeness (QED) is 0.911. The van der Waals surface area contributed by atoms with Crippen molar-refractivity contribution < 1.29 is 14.2 Å². The van der Waals surface area contributed by atoms with Gasteiger partial charge >= 0.3 is 0 Å². The van der Waals surface area contributed by atoms with Crippen LogP contribution in [0.25, 0.3) is 0 Å². The smallest absolute Gasteiger partial charge is 0.142 e. The highest BCUT2D eigenvalue weighted by molar-refractivity contribution is 6.31. The fourth-order valence-electron chi connectivity index (χ4n) is 3.02. The van der Waals surface area contributed by atoms with Crippen LogP contribution in [0.3, 0.4) is 0 Å². The average molecular weight is 301 g/mol. The normalized spacial score (nSPS) is 28.4. The Hall–Kier alpha value is -0.640. The van der Waals surface area contributed by atoms with Crippen LogP contribution in [-0.2, 0) is 11.2 Å². The minimum Gasteiger partial charge on any atom is -0.390 e. The van der Waals surface area contributed by atoms with E-state index in [0.29, 0.717) is 17.9 Å². The minimum absolute atomic E-state index is 0.0991. The van der Waals surface area contributed by atoms with E-state index in [4.69, 9.17) is 16.3 Å². The first-order valence-electron chi connectivity index (χ1n) is 7.14. The van der Waals surface area contributed by atoms with Crippen LogP contribution in [0, 0.1) is 11.7 Å². The molecule has 4 heteroatoms. The maximum atomic E-state index is 13.5. The van der Waals surface area contributed by atoms with E-state index in [1.807, 2.05) is 0 Å². The van der Waals surface area contributed by atoms with Gasteiger partial charge < -0.3 is 9.84 Å². The molecule has 1 saturated carbocycles. The van der Waals surface area contributed by atoms with Crippen molar-refractivity contribution in [3.63, 3.8) is 0 Å². The molecule has 0 heterocycles. The van der Waals surface area contributed by atoms with Crippen molar-refractivity contribution in [2.75, 3.05) is 7.11 Å². The number of benzene rings is 1. The zero-order chi connectivity index (χ0) is 14.8. The highest BCUT2D eigenvalue weighted by atomic mass is 35.5. The van der Waals surface area contributed by atoms with E-state index in [-0.39, 0.29) is 5.02 Å². The van der Waals surface area contributed by atoms with Crippen molar-refractivity contribution in [2.45, 2.75) is 50.7 Å². The highest BCUT2D eigenvalue weighted by Gasteiger charge is 2.40. The van der Waals surface area contributed by atoms with Gasteiger partial charge in [-0.05, 0) is 43.2 Å². The second kappa shape index (κ2) is 6.42. The topological polar surface area (TPSA) is 29.5 Å². The van der Waals surface area contributed by atoms with Crippen LogP contribution in [0.5, 0.6) is 0 Å². The van der Waals surface area contributed by atoms with Crippen molar-refractivity contribution in [1.82, 2.24) is 0 Å². The lowest BCUT2D eigenvalue weighted by Crippen LogP contribution is -2.47. The molecule has 20 heavy (non-hydrogen) atoms. The van der Waals surface area contributed by atoms with Gasteiger partial charge in [-0.25, -0.2) is 4.39 Å². The van der Waals surface area contributed by atoms with Gasteiger partial charge in [0.25, 0.3) is 0 Å². The first-order chi connectivity index (χ1) is 9.48. The summed E-state index contributed by atoms with van der Waals surface area (Å²) in [7, 11) is 1.65. The third-order valence-electron chi connectivity index (χ3n) is 4.58. The van der Waals surface area contributed by atoms with Crippen LogP contribution in [0.4, 0.5) is 4.39 Å². The lowest BCUT2D eigenvalue weighted by Gasteiger charge is -2.41. The average Bonchev–Trinajstić information content (AvgIpc) is 2.45. The van der Waals surface area contributed by atoms with Gasteiger partial charge in [0.1, 0.15) is 5.82 Å². The molecule has 112 valence electrons. The Morgan fingerprint density at radius 1 is 1.45 bits per heavy atom. The number of aliphatic hydroxyl groups excluding tert-OH is 1. The molecule has 1 fully saturated rings. The summed E-state index contributed by atoms with van der Waals surface area (Å²) in [5.41, 5.74) is 0.108. The van der Waals surface area contributed by atoms with Crippen molar-refractivity contribution in [2.24, 2.45) is 5.92 Å². The Morgan fingerprint density at radius 2 is 2.10 bits per heavy atom. The molecule has 1 N–H and O–H groups in total. The number of hydrogen-bond donors (Lipinski definition) is 1. The molecule has 1 aromatic carbocycles. The van der Waals surface area contributed by atoms with E-state index < -0.39 is 17.5 Å². The molecule has 0 aromatic heterocycles. The van der Waals surface area contributed by atoms with Crippen molar-refractivity contribution >= 4 is 11.6 Å². The van der Waals surface area contributed by atoms with Gasteiger partial charge in [-0.3, -0.25) is 0 Å². The van der Waals surface area contributed by atoms with Crippen molar-refractivity contribution in [3.8, 4) is 0 Å². The van der Waals surface area contributed by atoms with Gasteiger partial charge in [0.05, 0.1) is 16.7 Å². The summed E-state index contributed by atoms with van der Waals surface area (Å²) in [6.07, 6.45) is 3.40. The molecular formula is C16H22ClFO2. The third-order valence-corrected chi connectivity index (χ3v) is 5.00. The number of halogens is 2. The van der Waals surface area contributed by atoms with E-state index in [9.17, 15) is 9.50 Å². The minimum atomic E-state index is -0.667. The summed E-state index contributed by atoms with van der Waals surface area (Å²) >= 11 is 5.96. The lowest BCUT2D eigenvalue weighted by atomic mass is 9.75. The van der Waals surface area contributed by atoms with Crippen LogP contribution in [0.1, 0.15) is 38.2 Å². The molecule has 0 radical (unpaired) electrons. The van der Waals surface area contributed by atoms with Crippen LogP contribution >= 0.6 is 11.6 Å². The van der Waals surface area contributed by atoms with E-state index in [1.54, 1.807) is 19.2 Å². The van der Waals surface area contributed by atoms with E-state index in [2.05, 4.69) is 6.92 Å². The second-order valence-corrected chi connectivity index (χ2v) is 6.26. The Kier molecular flexibility index (Phi) is 5.05. The van der Waals surface area contributed by atoms with Crippen LogP contribution in [0.15, 0.2) is 18.2 Å². The fourth-order valence-corrected chi connectivity index (χ4v) is 3.23. The molecule has 2 rings (SSSR count). The summed E-state index contributed by atoms with van der Waals surface area (Å²) in [6.45, 7) is 2.22. The summed E-state index contributed by atoms with van der Waals surface area (Å²) in [4.78, 5) is 0. The Bertz CT molecular complexity index is 456. The van der Waals surface area contributed by atoms with Gasteiger partial charge in [-0.2, -0.15) is 0 Å². The molecule has 1 aromatic rings. The fraction of sp³-hybridized carbons (Fsp3) is 0.625. The summed E-state index contributed by atoms with van der Waals surface area (Å²) in [6, 6.07) is 4.70. The van der Waals surface area contributed by atoms with E-state index in [0.717, 1.165) is 25.7 Å². The molecule has 0 aliphatic heterocycles. The van der Waals surface area contributed by atoms with E-state index in [1.165, 1.54) is 6.07 Å². The van der Waals surface area contributed by atoms with Crippen LogP contribution in [0.2, 0.25) is 5.02 Å². The predicted molar refractivity (Wildman–Crippen MR) is 78.5 cm³/mol. The van der Waals surface area contributed by atoms with Crippen molar-refractivity contribution in [1.29, 1.82) is 0 Å². The molecule has 1 aliphatic rings. The molecule has 0 spiro atoms. The van der Waals surface area contributed by atoms with Gasteiger partial charge in [0.2, 0.25) is 0 Å². The maximum Gasteiger partial charge on any atom is 0.142 e. The lowest BCUT2D eigenvalue weighted by molar-refractivity contribution is -0.127. The molecule has 1 atom stereocenters. The molecular weight excluding hydrogens is 279 g/mol. The van der Waals surface area contributed by atoms with Crippen molar-refractivity contribution in [3.05, 3.63) is 34.6 Å². The first-order valence-corrected chi connectivity index (χ1v) is 7.52. The molecule has 0 saturated heterocycles. The first kappa shape index (κ1) is 15.7. The number of methoxy groups -OCH3 is 1. The third kappa shape index (κ3) is 3.16. The maximum absolute atomic E-state index is 13.5. The Labute approximate surface area is 124 Å². The van der Waals surface area contributed by atoms with Gasteiger partial charge in [0, 0.05) is 13.5 Å². The molecule has 0 bridgehead atoms. The standard InChI is InChI=1S/C16H22ClFO2/c1-11-6-8-16(20-2,9-7-11)14(19)10-12-4-3-5-13(18)15(12)17/h3-5,11,14,19H,6-10H2,1-2H3. The largest absolute Gasteiger partial charge is 0.390 e. The summed E-state index contributed by atoms with van der Waals surface area (Å²) in [5, 5.41) is 10.7. The van der Waals surface area contributed by atoms with Gasteiger partial charge in [0.15, 0.2) is 0 Å². The number of aliphatic hydroxyl groups is 1. The second-order valence-electron chi connectivity index (χ2n) is 5.88. The molecule has 0 amide bonds. The van der Waals surface area contributed by atoms with Crippen LogP contribution < -0.4 is 0 Å². The number of rotatable bonds is 4. The highest BCUT2D eigenvalue weighted by Crippen LogP contribution is 2.38. The Balaban J connectivity index is 2.13. The van der Waals surface area contributed by atoms with Gasteiger partial charge in [-0.15, -0.1) is 0 Å². The number of hydrogen-bond acceptors (Lipinski definition) is 2. The Morgan fingerprint density at radius 3 is 2.70 bits per heavy atom. The van der Waals surface area contributed by atoms with E-state index >= 15 is 0 Å². The zero-order valence-electron chi connectivity index (χ0n) is 12.0. The van der Waals surface area contributed by atoms with Crippen LogP contribution in [-0.4, -0.2) is 23.9 Å². The predicted octanol–water partition coefficient (Wildman–Crippen LogP) is 3.98. The zero-order valence-corrected chi connectivity index (χ0v) is 12.8. The van der Waals surface area contributed by atoms with Gasteiger partial charge in [-0.1, -0.05) is 30.7 Å².